The predicted molar refractivity (Wildman–Crippen MR) is 81.4 cm³/mol. The smallest absolute Gasteiger partial charge is 0.0722 e. The lowest BCUT2D eigenvalue weighted by molar-refractivity contribution is 0.269. The molecule has 2 unspecified atom stereocenters. The van der Waals surface area contributed by atoms with Crippen molar-refractivity contribution in [3.63, 3.8) is 0 Å². The molecule has 0 bridgehead atoms. The fraction of sp³-hybridized carbons (Fsp3) is 0.471. The zero-order chi connectivity index (χ0) is 13.1. The van der Waals surface area contributed by atoms with Crippen LogP contribution in [0.15, 0.2) is 36.5 Å². The lowest BCUT2D eigenvalue weighted by Gasteiger charge is -2.29. The molecule has 1 aliphatic carbocycles. The van der Waals surface area contributed by atoms with E-state index < -0.39 is 0 Å². The number of hydrogen-bond acceptors (Lipinski definition) is 2. The molecule has 2 atom stereocenters. The van der Waals surface area contributed by atoms with E-state index in [1.54, 1.807) is 0 Å². The molecule has 19 heavy (non-hydrogen) atoms. The van der Waals surface area contributed by atoms with Gasteiger partial charge in [-0.2, -0.15) is 0 Å². The molecule has 1 aromatic carbocycles. The van der Waals surface area contributed by atoms with Crippen molar-refractivity contribution in [2.75, 3.05) is 11.9 Å². The molecule has 2 heteroatoms. The van der Waals surface area contributed by atoms with Gasteiger partial charge in [0.15, 0.2) is 0 Å². The summed E-state index contributed by atoms with van der Waals surface area (Å²) in [6.07, 6.45) is 7.47. The van der Waals surface area contributed by atoms with Gasteiger partial charge >= 0.3 is 0 Å². The van der Waals surface area contributed by atoms with Crippen LogP contribution >= 0.6 is 0 Å². The summed E-state index contributed by atoms with van der Waals surface area (Å²) in [5.74, 6) is 1.68. The molecule has 1 aromatic heterocycles. The van der Waals surface area contributed by atoms with Crippen molar-refractivity contribution in [2.45, 2.75) is 32.6 Å². The van der Waals surface area contributed by atoms with Crippen LogP contribution in [0.4, 0.5) is 5.69 Å². The first-order valence-corrected chi connectivity index (χ1v) is 7.42. The molecule has 1 heterocycles. The Morgan fingerprint density at radius 1 is 1.16 bits per heavy atom. The van der Waals surface area contributed by atoms with Gasteiger partial charge in [0.1, 0.15) is 0 Å². The lowest BCUT2D eigenvalue weighted by Crippen LogP contribution is -2.24. The van der Waals surface area contributed by atoms with E-state index in [1.165, 1.54) is 36.8 Å². The molecule has 0 amide bonds. The molecule has 2 aromatic rings. The van der Waals surface area contributed by atoms with Gasteiger partial charge in [0.25, 0.3) is 0 Å². The molecule has 1 fully saturated rings. The van der Waals surface area contributed by atoms with Crippen LogP contribution in [0.3, 0.4) is 0 Å². The summed E-state index contributed by atoms with van der Waals surface area (Å²) in [5.41, 5.74) is 2.30. The van der Waals surface area contributed by atoms with E-state index in [0.29, 0.717) is 0 Å². The van der Waals surface area contributed by atoms with Crippen LogP contribution in [0.5, 0.6) is 0 Å². The molecule has 100 valence electrons. The highest BCUT2D eigenvalue weighted by Crippen LogP contribution is 2.30. The molecule has 1 N–H and O–H groups in total. The van der Waals surface area contributed by atoms with Crippen molar-refractivity contribution in [1.82, 2.24) is 4.98 Å². The Kier molecular flexibility index (Phi) is 3.67. The van der Waals surface area contributed by atoms with Gasteiger partial charge in [-0.15, -0.1) is 0 Å². The zero-order valence-corrected chi connectivity index (χ0v) is 11.6. The first-order valence-electron chi connectivity index (χ1n) is 7.42. The number of rotatable bonds is 3. The minimum Gasteiger partial charge on any atom is -0.384 e. The molecule has 0 radical (unpaired) electrons. The third-order valence-electron chi connectivity index (χ3n) is 4.49. The standard InChI is InChI=1S/C17H22N2/c1-13-6-2-3-7-14(13)12-19-17-10-11-18-16-9-5-4-8-15(16)17/h4-5,8-11,13-14H,2-3,6-7,12H2,1H3,(H,18,19). The highest BCUT2D eigenvalue weighted by Gasteiger charge is 2.20. The molecule has 1 saturated carbocycles. The van der Waals surface area contributed by atoms with E-state index in [9.17, 15) is 0 Å². The largest absolute Gasteiger partial charge is 0.384 e. The average molecular weight is 254 g/mol. The molecular weight excluding hydrogens is 232 g/mol. The fourth-order valence-electron chi connectivity index (χ4n) is 3.19. The molecular formula is C17H22N2. The van der Waals surface area contributed by atoms with Gasteiger partial charge in [-0.3, -0.25) is 4.98 Å². The summed E-state index contributed by atoms with van der Waals surface area (Å²) in [6, 6.07) is 10.4. The van der Waals surface area contributed by atoms with Gasteiger partial charge in [-0.05, 0) is 30.4 Å². The van der Waals surface area contributed by atoms with E-state index in [2.05, 4.69) is 41.5 Å². The Bertz CT molecular complexity index is 544. The van der Waals surface area contributed by atoms with E-state index >= 15 is 0 Å². The normalized spacial score (nSPS) is 23.4. The van der Waals surface area contributed by atoms with E-state index in [4.69, 9.17) is 0 Å². The molecule has 0 spiro atoms. The van der Waals surface area contributed by atoms with Crippen LogP contribution in [0.1, 0.15) is 32.6 Å². The monoisotopic (exact) mass is 254 g/mol. The molecule has 1 aliphatic rings. The number of nitrogens with one attached hydrogen (secondary N) is 1. The van der Waals surface area contributed by atoms with Crippen LogP contribution in [0, 0.1) is 11.8 Å². The zero-order valence-electron chi connectivity index (χ0n) is 11.6. The van der Waals surface area contributed by atoms with Crippen LogP contribution in [0.25, 0.3) is 10.9 Å². The number of fused-ring (bicyclic) bond motifs is 1. The number of anilines is 1. The SMILES string of the molecule is CC1CCCCC1CNc1ccnc2ccccc12. The Morgan fingerprint density at radius 2 is 2.00 bits per heavy atom. The minimum atomic E-state index is 0.820. The maximum atomic E-state index is 4.41. The van der Waals surface area contributed by atoms with Crippen molar-refractivity contribution < 1.29 is 0 Å². The second kappa shape index (κ2) is 5.60. The molecule has 3 rings (SSSR count). The number of nitrogens with zero attached hydrogens (tertiary/aromatic N) is 1. The van der Waals surface area contributed by atoms with Crippen LogP contribution in [-0.2, 0) is 0 Å². The number of benzene rings is 1. The van der Waals surface area contributed by atoms with Crippen LogP contribution in [0.2, 0.25) is 0 Å². The topological polar surface area (TPSA) is 24.9 Å². The van der Waals surface area contributed by atoms with Gasteiger partial charge in [-0.1, -0.05) is 44.4 Å². The van der Waals surface area contributed by atoms with Crippen molar-refractivity contribution in [3.05, 3.63) is 36.5 Å². The molecule has 0 saturated heterocycles. The third kappa shape index (κ3) is 2.73. The number of para-hydroxylation sites is 1. The Labute approximate surface area is 115 Å². The Morgan fingerprint density at radius 3 is 2.89 bits per heavy atom. The number of pyridine rings is 1. The second-order valence-corrected chi connectivity index (χ2v) is 5.78. The summed E-state index contributed by atoms with van der Waals surface area (Å²) >= 11 is 0. The summed E-state index contributed by atoms with van der Waals surface area (Å²) < 4.78 is 0. The van der Waals surface area contributed by atoms with E-state index in [1.807, 2.05) is 12.3 Å². The Balaban J connectivity index is 1.74. The van der Waals surface area contributed by atoms with Gasteiger partial charge in [0.05, 0.1) is 5.52 Å². The van der Waals surface area contributed by atoms with E-state index in [-0.39, 0.29) is 0 Å². The van der Waals surface area contributed by atoms with Crippen molar-refractivity contribution in [1.29, 1.82) is 0 Å². The van der Waals surface area contributed by atoms with E-state index in [0.717, 1.165) is 23.9 Å². The summed E-state index contributed by atoms with van der Waals surface area (Å²) in [5, 5.41) is 4.88. The summed E-state index contributed by atoms with van der Waals surface area (Å²) in [4.78, 5) is 4.41. The third-order valence-corrected chi connectivity index (χ3v) is 4.49. The van der Waals surface area contributed by atoms with Crippen LogP contribution in [-0.4, -0.2) is 11.5 Å². The molecule has 0 aliphatic heterocycles. The maximum absolute atomic E-state index is 4.41. The number of hydrogen-bond donors (Lipinski definition) is 1. The van der Waals surface area contributed by atoms with Gasteiger partial charge in [-0.25, -0.2) is 0 Å². The second-order valence-electron chi connectivity index (χ2n) is 5.78. The van der Waals surface area contributed by atoms with Crippen LogP contribution < -0.4 is 5.32 Å². The van der Waals surface area contributed by atoms with Gasteiger partial charge < -0.3 is 5.32 Å². The van der Waals surface area contributed by atoms with Crippen molar-refractivity contribution >= 4 is 16.6 Å². The average Bonchev–Trinajstić information content (AvgIpc) is 2.46. The van der Waals surface area contributed by atoms with Gasteiger partial charge in [0, 0.05) is 23.8 Å². The summed E-state index contributed by atoms with van der Waals surface area (Å²) in [7, 11) is 0. The highest BCUT2D eigenvalue weighted by molar-refractivity contribution is 5.90. The first kappa shape index (κ1) is 12.5. The maximum Gasteiger partial charge on any atom is 0.0722 e. The highest BCUT2D eigenvalue weighted by atomic mass is 14.9. The van der Waals surface area contributed by atoms with Crippen molar-refractivity contribution in [2.24, 2.45) is 11.8 Å². The fourth-order valence-corrected chi connectivity index (χ4v) is 3.19. The van der Waals surface area contributed by atoms with Crippen molar-refractivity contribution in [3.8, 4) is 0 Å². The number of aromatic nitrogens is 1. The first-order chi connectivity index (χ1) is 9.34. The van der Waals surface area contributed by atoms with Gasteiger partial charge in [0.2, 0.25) is 0 Å². The lowest BCUT2D eigenvalue weighted by atomic mass is 9.80. The molecule has 2 nitrogen and oxygen atoms in total. The Hall–Kier alpha value is -1.57. The minimum absolute atomic E-state index is 0.820. The summed E-state index contributed by atoms with van der Waals surface area (Å²) in [6.45, 7) is 3.49. The quantitative estimate of drug-likeness (QED) is 0.874. The predicted octanol–water partition coefficient (Wildman–Crippen LogP) is 4.47.